The summed E-state index contributed by atoms with van der Waals surface area (Å²) in [6.07, 6.45) is 9.28. The van der Waals surface area contributed by atoms with Crippen molar-refractivity contribution < 1.29 is 9.90 Å². The number of nitrogens with one attached hydrogen (secondary N) is 1. The van der Waals surface area contributed by atoms with Crippen LogP contribution in [-0.4, -0.2) is 24.2 Å². The Labute approximate surface area is 105 Å². The molecule has 0 aliphatic carbocycles. The van der Waals surface area contributed by atoms with Crippen LogP contribution in [0.25, 0.3) is 0 Å². The van der Waals surface area contributed by atoms with Gasteiger partial charge in [0.05, 0.1) is 0 Å². The number of hydrogen-bond acceptors (Lipinski definition) is 2. The van der Waals surface area contributed by atoms with Crippen molar-refractivity contribution in [1.29, 1.82) is 0 Å². The van der Waals surface area contributed by atoms with Gasteiger partial charge >= 0.3 is 5.97 Å². The van der Waals surface area contributed by atoms with Crippen LogP contribution in [0.2, 0.25) is 0 Å². The highest BCUT2D eigenvalue weighted by Gasteiger charge is 2.04. The van der Waals surface area contributed by atoms with Gasteiger partial charge in [-0.2, -0.15) is 0 Å². The van der Waals surface area contributed by atoms with Crippen LogP contribution >= 0.6 is 0 Å². The average molecular weight is 239 g/mol. The molecule has 0 aromatic heterocycles. The van der Waals surface area contributed by atoms with E-state index in [4.69, 9.17) is 5.11 Å². The topological polar surface area (TPSA) is 49.3 Å². The maximum atomic E-state index is 10.3. The maximum absolute atomic E-state index is 10.3. The Morgan fingerprint density at radius 1 is 1.18 bits per heavy atom. The van der Waals surface area contributed by atoms with E-state index in [1.165, 1.54) is 6.42 Å². The van der Waals surface area contributed by atoms with Crippen LogP contribution in [0, 0.1) is 5.92 Å². The molecule has 0 aromatic rings. The molecule has 0 amide bonds. The normalized spacial score (nSPS) is 10.4. The second kappa shape index (κ2) is 11.4. The molecule has 2 N–H and O–H groups in total. The van der Waals surface area contributed by atoms with Gasteiger partial charge in [0.25, 0.3) is 0 Å². The zero-order valence-corrected chi connectivity index (χ0v) is 10.7. The van der Waals surface area contributed by atoms with E-state index in [1.54, 1.807) is 0 Å². The van der Waals surface area contributed by atoms with Crippen molar-refractivity contribution >= 4 is 5.97 Å². The van der Waals surface area contributed by atoms with Gasteiger partial charge in [-0.25, -0.2) is 0 Å². The molecule has 0 aliphatic heterocycles. The first-order valence-corrected chi connectivity index (χ1v) is 6.35. The quantitative estimate of drug-likeness (QED) is 0.406. The fourth-order valence-electron chi connectivity index (χ4n) is 1.81. The van der Waals surface area contributed by atoms with Crippen LogP contribution in [0.1, 0.15) is 38.5 Å². The van der Waals surface area contributed by atoms with E-state index in [-0.39, 0.29) is 6.42 Å². The SMILES string of the molecule is C=CCC(CC=C)CCCNCCCC(=O)O. The van der Waals surface area contributed by atoms with Gasteiger partial charge in [0.1, 0.15) is 0 Å². The predicted octanol–water partition coefficient (Wildman–Crippen LogP) is 2.99. The molecule has 0 unspecified atom stereocenters. The first-order chi connectivity index (χ1) is 8.20. The summed E-state index contributed by atoms with van der Waals surface area (Å²) in [6, 6.07) is 0. The Morgan fingerprint density at radius 3 is 2.29 bits per heavy atom. The summed E-state index contributed by atoms with van der Waals surface area (Å²) in [7, 11) is 0. The Hall–Kier alpha value is -1.09. The monoisotopic (exact) mass is 239 g/mol. The minimum absolute atomic E-state index is 0.253. The third kappa shape index (κ3) is 11.2. The lowest BCUT2D eigenvalue weighted by atomic mass is 9.96. The van der Waals surface area contributed by atoms with Gasteiger partial charge in [-0.1, -0.05) is 12.2 Å². The van der Waals surface area contributed by atoms with Crippen molar-refractivity contribution in [2.75, 3.05) is 13.1 Å². The van der Waals surface area contributed by atoms with Crippen LogP contribution in [-0.2, 0) is 4.79 Å². The zero-order chi connectivity index (χ0) is 12.9. The number of carboxylic acids is 1. The summed E-state index contributed by atoms with van der Waals surface area (Å²) in [4.78, 5) is 10.3. The third-order valence-corrected chi connectivity index (χ3v) is 2.71. The molecule has 3 heteroatoms. The third-order valence-electron chi connectivity index (χ3n) is 2.71. The van der Waals surface area contributed by atoms with Crippen molar-refractivity contribution in [1.82, 2.24) is 5.32 Å². The van der Waals surface area contributed by atoms with E-state index < -0.39 is 5.97 Å². The molecule has 0 fully saturated rings. The smallest absolute Gasteiger partial charge is 0.303 e. The molecule has 0 heterocycles. The van der Waals surface area contributed by atoms with E-state index in [0.717, 1.165) is 32.4 Å². The number of carboxylic acid groups (broad SMARTS) is 1. The Morgan fingerprint density at radius 2 is 1.76 bits per heavy atom. The number of aliphatic carboxylic acids is 1. The predicted molar refractivity (Wildman–Crippen MR) is 72.1 cm³/mol. The van der Waals surface area contributed by atoms with E-state index >= 15 is 0 Å². The molecular weight excluding hydrogens is 214 g/mol. The molecule has 0 saturated heterocycles. The van der Waals surface area contributed by atoms with Crippen LogP contribution in [0.5, 0.6) is 0 Å². The number of allylic oxidation sites excluding steroid dienone is 2. The standard InChI is InChI=1S/C14H25NO2/c1-3-7-13(8-4-2)9-5-11-15-12-6-10-14(16)17/h3-4,13,15H,1-2,5-12H2,(H,16,17). The summed E-state index contributed by atoms with van der Waals surface area (Å²) in [5, 5.41) is 11.7. The molecular formula is C14H25NO2. The maximum Gasteiger partial charge on any atom is 0.303 e. The van der Waals surface area contributed by atoms with Gasteiger partial charge in [0.2, 0.25) is 0 Å². The highest BCUT2D eigenvalue weighted by atomic mass is 16.4. The number of hydrogen-bond donors (Lipinski definition) is 2. The Kier molecular flexibility index (Phi) is 10.7. The second-order valence-corrected chi connectivity index (χ2v) is 4.30. The van der Waals surface area contributed by atoms with Crippen molar-refractivity contribution in [3.05, 3.63) is 25.3 Å². The molecule has 0 rings (SSSR count). The first kappa shape index (κ1) is 15.9. The lowest BCUT2D eigenvalue weighted by Crippen LogP contribution is -2.18. The second-order valence-electron chi connectivity index (χ2n) is 4.30. The molecule has 0 radical (unpaired) electrons. The lowest BCUT2D eigenvalue weighted by Gasteiger charge is -2.12. The summed E-state index contributed by atoms with van der Waals surface area (Å²) in [6.45, 7) is 9.28. The highest BCUT2D eigenvalue weighted by molar-refractivity contribution is 5.66. The lowest BCUT2D eigenvalue weighted by molar-refractivity contribution is -0.137. The molecule has 0 bridgehead atoms. The van der Waals surface area contributed by atoms with E-state index in [2.05, 4.69) is 18.5 Å². The molecule has 0 aliphatic rings. The van der Waals surface area contributed by atoms with E-state index in [0.29, 0.717) is 12.3 Å². The molecule has 17 heavy (non-hydrogen) atoms. The Balaban J connectivity index is 3.38. The molecule has 3 nitrogen and oxygen atoms in total. The molecule has 98 valence electrons. The fraction of sp³-hybridized carbons (Fsp3) is 0.643. The van der Waals surface area contributed by atoms with Gasteiger partial charge in [0, 0.05) is 6.42 Å². The van der Waals surface area contributed by atoms with Gasteiger partial charge in [-0.15, -0.1) is 13.2 Å². The van der Waals surface area contributed by atoms with Crippen LogP contribution < -0.4 is 5.32 Å². The van der Waals surface area contributed by atoms with E-state index in [1.807, 2.05) is 12.2 Å². The Bertz CT molecular complexity index is 216. The first-order valence-electron chi connectivity index (χ1n) is 6.35. The summed E-state index contributed by atoms with van der Waals surface area (Å²) in [5.74, 6) is -0.0605. The van der Waals surface area contributed by atoms with Gasteiger partial charge in [-0.05, 0) is 51.1 Å². The highest BCUT2D eigenvalue weighted by Crippen LogP contribution is 2.16. The average Bonchev–Trinajstić information content (AvgIpc) is 2.28. The van der Waals surface area contributed by atoms with Crippen molar-refractivity contribution in [3.8, 4) is 0 Å². The van der Waals surface area contributed by atoms with E-state index in [9.17, 15) is 4.79 Å². The largest absolute Gasteiger partial charge is 0.481 e. The van der Waals surface area contributed by atoms with Crippen molar-refractivity contribution in [2.24, 2.45) is 5.92 Å². The summed E-state index contributed by atoms with van der Waals surface area (Å²) >= 11 is 0. The number of rotatable bonds is 12. The van der Waals surface area contributed by atoms with Crippen molar-refractivity contribution in [2.45, 2.75) is 38.5 Å². The summed E-state index contributed by atoms with van der Waals surface area (Å²) < 4.78 is 0. The van der Waals surface area contributed by atoms with Crippen molar-refractivity contribution in [3.63, 3.8) is 0 Å². The van der Waals surface area contributed by atoms with Gasteiger partial charge in [0.15, 0.2) is 0 Å². The molecule has 0 spiro atoms. The van der Waals surface area contributed by atoms with Crippen LogP contribution in [0.15, 0.2) is 25.3 Å². The van der Waals surface area contributed by atoms with Crippen LogP contribution in [0.3, 0.4) is 0 Å². The molecule has 0 atom stereocenters. The number of carbonyl (C=O) groups is 1. The minimum atomic E-state index is -0.719. The van der Waals surface area contributed by atoms with Gasteiger partial charge in [-0.3, -0.25) is 4.79 Å². The minimum Gasteiger partial charge on any atom is -0.481 e. The zero-order valence-electron chi connectivity index (χ0n) is 10.7. The molecule has 0 saturated carbocycles. The molecule has 0 aromatic carbocycles. The fourth-order valence-corrected chi connectivity index (χ4v) is 1.81. The summed E-state index contributed by atoms with van der Waals surface area (Å²) in [5.41, 5.74) is 0. The van der Waals surface area contributed by atoms with Crippen LogP contribution in [0.4, 0.5) is 0 Å². The van der Waals surface area contributed by atoms with Gasteiger partial charge < -0.3 is 10.4 Å².